The Morgan fingerprint density at radius 2 is 0.914 bits per heavy atom. The predicted octanol–water partition coefficient (Wildman–Crippen LogP) is 4.54. The van der Waals surface area contributed by atoms with Crippen LogP contribution in [0.2, 0.25) is 0 Å². The van der Waals surface area contributed by atoms with Gasteiger partial charge in [0.1, 0.15) is 0 Å². The molecule has 11 heteroatoms. The molecular formula is C24H36N2O4S5. The van der Waals surface area contributed by atoms with Gasteiger partial charge in [-0.05, 0) is 52.0 Å². The molecule has 0 fully saturated rings. The second kappa shape index (κ2) is 14.9. The van der Waals surface area contributed by atoms with Crippen molar-refractivity contribution >= 4 is 55.3 Å². The van der Waals surface area contributed by atoms with E-state index >= 15 is 0 Å². The van der Waals surface area contributed by atoms with Crippen molar-refractivity contribution < 1.29 is 16.8 Å². The monoisotopic (exact) mass is 576 g/mol. The Kier molecular flexibility index (Phi) is 13.0. The van der Waals surface area contributed by atoms with Crippen LogP contribution in [0.5, 0.6) is 0 Å². The standard InChI is InChI=1S/C24H36N2O4S5/c1-19-5-9-23(10-6-19)34(27,28)25-21(3)17-32-15-13-31-14-16-33-18-22(4)26-35(29,30)24-11-7-20(2)8-12-24/h5-12,21-22,25-26H,13-18H2,1-4H3/t21-,22-/m0/s1. The van der Waals surface area contributed by atoms with Gasteiger partial charge in [-0.3, -0.25) is 0 Å². The first-order valence-electron chi connectivity index (χ1n) is 11.4. The second-order valence-corrected chi connectivity index (χ2v) is 15.4. The Morgan fingerprint density at radius 1 is 0.600 bits per heavy atom. The third-order valence-electron chi connectivity index (χ3n) is 4.85. The lowest BCUT2D eigenvalue weighted by Gasteiger charge is -2.14. The Balaban J connectivity index is 1.53. The molecule has 0 aliphatic carbocycles. The van der Waals surface area contributed by atoms with Gasteiger partial charge in [0, 0.05) is 46.6 Å². The molecule has 0 aliphatic rings. The number of aryl methyl sites for hydroxylation is 2. The van der Waals surface area contributed by atoms with Crippen molar-refractivity contribution in [1.82, 2.24) is 9.44 Å². The summed E-state index contributed by atoms with van der Waals surface area (Å²) in [6, 6.07) is 13.4. The minimum absolute atomic E-state index is 0.142. The van der Waals surface area contributed by atoms with Crippen LogP contribution in [0.3, 0.4) is 0 Å². The average molecular weight is 577 g/mol. The summed E-state index contributed by atoms with van der Waals surface area (Å²) >= 11 is 5.34. The Morgan fingerprint density at radius 3 is 1.26 bits per heavy atom. The summed E-state index contributed by atoms with van der Waals surface area (Å²) in [5.74, 6) is 5.35. The summed E-state index contributed by atoms with van der Waals surface area (Å²) in [6.07, 6.45) is 0. The van der Waals surface area contributed by atoms with E-state index in [2.05, 4.69) is 9.44 Å². The molecule has 2 aromatic rings. The Bertz CT molecular complexity index is 1020. The summed E-state index contributed by atoms with van der Waals surface area (Å²) in [5, 5.41) is 0. The molecule has 2 N–H and O–H groups in total. The van der Waals surface area contributed by atoms with Gasteiger partial charge < -0.3 is 0 Å². The summed E-state index contributed by atoms with van der Waals surface area (Å²) in [4.78, 5) is 0.593. The normalized spacial score (nSPS) is 14.1. The number of hydrogen-bond acceptors (Lipinski definition) is 7. The smallest absolute Gasteiger partial charge is 0.208 e. The number of benzene rings is 2. The number of rotatable bonds is 16. The molecule has 0 spiro atoms. The maximum atomic E-state index is 12.4. The van der Waals surface area contributed by atoms with Gasteiger partial charge in [0.15, 0.2) is 0 Å². The third-order valence-corrected chi connectivity index (χ3v) is 12.0. The van der Waals surface area contributed by atoms with Crippen LogP contribution in [0.1, 0.15) is 25.0 Å². The fourth-order valence-electron chi connectivity index (χ4n) is 3.03. The lowest BCUT2D eigenvalue weighted by atomic mass is 10.2. The lowest BCUT2D eigenvalue weighted by molar-refractivity contribution is 0.569. The molecule has 0 bridgehead atoms. The predicted molar refractivity (Wildman–Crippen MR) is 154 cm³/mol. The van der Waals surface area contributed by atoms with Crippen molar-refractivity contribution in [3.63, 3.8) is 0 Å². The first-order valence-corrected chi connectivity index (χ1v) is 17.8. The van der Waals surface area contributed by atoms with Crippen LogP contribution in [0, 0.1) is 13.8 Å². The molecule has 2 rings (SSSR count). The molecule has 0 saturated carbocycles. The fraction of sp³-hybridized carbons (Fsp3) is 0.500. The zero-order valence-electron chi connectivity index (χ0n) is 20.7. The lowest BCUT2D eigenvalue weighted by Crippen LogP contribution is -2.34. The molecule has 196 valence electrons. The van der Waals surface area contributed by atoms with Crippen LogP contribution in [-0.4, -0.2) is 63.4 Å². The molecule has 0 saturated heterocycles. The van der Waals surface area contributed by atoms with Crippen LogP contribution < -0.4 is 9.44 Å². The maximum absolute atomic E-state index is 12.4. The molecule has 0 aliphatic heterocycles. The number of thioether (sulfide) groups is 3. The number of nitrogens with one attached hydrogen (secondary N) is 2. The van der Waals surface area contributed by atoms with Gasteiger partial charge in [-0.15, -0.1) is 0 Å². The summed E-state index contributed by atoms with van der Waals surface area (Å²) in [5.41, 5.74) is 2.06. The second-order valence-electron chi connectivity index (χ2n) is 8.43. The molecule has 0 heterocycles. The molecule has 0 amide bonds. The molecule has 0 aromatic heterocycles. The highest BCUT2D eigenvalue weighted by Crippen LogP contribution is 2.15. The maximum Gasteiger partial charge on any atom is 0.240 e. The molecule has 2 aromatic carbocycles. The van der Waals surface area contributed by atoms with E-state index in [1.54, 1.807) is 72.1 Å². The largest absolute Gasteiger partial charge is 0.240 e. The zero-order valence-corrected chi connectivity index (χ0v) is 24.8. The molecule has 35 heavy (non-hydrogen) atoms. The number of hydrogen-bond donors (Lipinski definition) is 2. The van der Waals surface area contributed by atoms with Gasteiger partial charge in [-0.25, -0.2) is 26.3 Å². The third kappa shape index (κ3) is 11.5. The van der Waals surface area contributed by atoms with Crippen LogP contribution in [0.4, 0.5) is 0 Å². The summed E-state index contributed by atoms with van der Waals surface area (Å²) < 4.78 is 55.2. The molecule has 0 unspecified atom stereocenters. The van der Waals surface area contributed by atoms with E-state index in [1.165, 1.54) is 0 Å². The van der Waals surface area contributed by atoms with E-state index < -0.39 is 20.0 Å². The van der Waals surface area contributed by atoms with Crippen LogP contribution in [-0.2, 0) is 20.0 Å². The van der Waals surface area contributed by atoms with Crippen molar-refractivity contribution in [2.75, 3.05) is 34.5 Å². The van der Waals surface area contributed by atoms with Gasteiger partial charge in [0.05, 0.1) is 9.79 Å². The van der Waals surface area contributed by atoms with E-state index in [9.17, 15) is 16.8 Å². The zero-order chi connectivity index (χ0) is 25.9. The Hall–Kier alpha value is -0.690. The summed E-state index contributed by atoms with van der Waals surface area (Å²) in [7, 11) is -6.97. The van der Waals surface area contributed by atoms with Crippen LogP contribution >= 0.6 is 35.3 Å². The van der Waals surface area contributed by atoms with Crippen molar-refractivity contribution in [2.24, 2.45) is 0 Å². The number of sulfonamides is 2. The minimum Gasteiger partial charge on any atom is -0.208 e. The topological polar surface area (TPSA) is 92.3 Å². The Labute approximate surface area is 224 Å². The van der Waals surface area contributed by atoms with E-state index in [4.69, 9.17) is 0 Å². The average Bonchev–Trinajstić information content (AvgIpc) is 2.78. The van der Waals surface area contributed by atoms with E-state index in [0.29, 0.717) is 9.79 Å². The van der Waals surface area contributed by atoms with Crippen molar-refractivity contribution in [1.29, 1.82) is 0 Å². The van der Waals surface area contributed by atoms with Gasteiger partial charge in [-0.2, -0.15) is 35.3 Å². The van der Waals surface area contributed by atoms with Crippen LogP contribution in [0.15, 0.2) is 58.3 Å². The SMILES string of the molecule is Cc1ccc(S(=O)(=O)N[C@@H](C)CSCCSCCSC[C@H](C)NS(=O)(=O)c2ccc(C)cc2)cc1. The van der Waals surface area contributed by atoms with Gasteiger partial charge in [0.25, 0.3) is 0 Å². The van der Waals surface area contributed by atoms with Crippen molar-refractivity contribution in [3.8, 4) is 0 Å². The van der Waals surface area contributed by atoms with E-state index in [-0.39, 0.29) is 12.1 Å². The molecular weight excluding hydrogens is 541 g/mol. The molecule has 0 radical (unpaired) electrons. The highest BCUT2D eigenvalue weighted by molar-refractivity contribution is 8.04. The van der Waals surface area contributed by atoms with Gasteiger partial charge in [-0.1, -0.05) is 35.4 Å². The molecule has 6 nitrogen and oxygen atoms in total. The highest BCUT2D eigenvalue weighted by Gasteiger charge is 2.18. The van der Waals surface area contributed by atoms with Gasteiger partial charge >= 0.3 is 0 Å². The quantitative estimate of drug-likeness (QED) is 0.284. The highest BCUT2D eigenvalue weighted by atomic mass is 32.2. The van der Waals surface area contributed by atoms with Crippen LogP contribution in [0.25, 0.3) is 0 Å². The van der Waals surface area contributed by atoms with Crippen molar-refractivity contribution in [2.45, 2.75) is 49.6 Å². The fourth-order valence-corrected chi connectivity index (χ4v) is 9.02. The molecule has 2 atom stereocenters. The minimum atomic E-state index is -3.48. The van der Waals surface area contributed by atoms with Gasteiger partial charge in [0.2, 0.25) is 20.0 Å². The van der Waals surface area contributed by atoms with E-state index in [0.717, 1.165) is 45.6 Å². The first-order chi connectivity index (χ1) is 16.5. The van der Waals surface area contributed by atoms with Crippen molar-refractivity contribution in [3.05, 3.63) is 59.7 Å². The summed E-state index contributed by atoms with van der Waals surface area (Å²) in [6.45, 7) is 7.63. The van der Waals surface area contributed by atoms with E-state index in [1.807, 2.05) is 39.5 Å². The first kappa shape index (κ1) is 30.5.